The number of fused-ring (bicyclic) bond motifs is 1. The summed E-state index contributed by atoms with van der Waals surface area (Å²) in [4.78, 5) is 9.46. The minimum Gasteiger partial charge on any atom is -0.495 e. The Balaban J connectivity index is 1.73. The molecule has 7 heteroatoms. The summed E-state index contributed by atoms with van der Waals surface area (Å²) in [6.07, 6.45) is 1.84. The molecular formula is C22H20ClN5O. The topological polar surface area (TPSA) is 82.9 Å². The van der Waals surface area contributed by atoms with Gasteiger partial charge in [-0.15, -0.1) is 0 Å². The van der Waals surface area contributed by atoms with Crippen molar-refractivity contribution in [3.8, 4) is 11.8 Å². The molecule has 1 heterocycles. The van der Waals surface area contributed by atoms with E-state index in [0.29, 0.717) is 17.3 Å². The van der Waals surface area contributed by atoms with Crippen LogP contribution < -0.4 is 15.4 Å². The number of halogens is 1. The van der Waals surface area contributed by atoms with Crippen LogP contribution in [-0.2, 0) is 6.42 Å². The van der Waals surface area contributed by atoms with E-state index in [0.717, 1.165) is 46.2 Å². The third-order valence-corrected chi connectivity index (χ3v) is 5.49. The van der Waals surface area contributed by atoms with Gasteiger partial charge < -0.3 is 15.4 Å². The molecule has 0 aliphatic heterocycles. The fourth-order valence-corrected chi connectivity index (χ4v) is 4.04. The number of methoxy groups -OCH3 is 1. The lowest BCUT2D eigenvalue weighted by atomic mass is 9.96. The van der Waals surface area contributed by atoms with Crippen molar-refractivity contribution in [1.29, 1.82) is 5.26 Å². The van der Waals surface area contributed by atoms with Gasteiger partial charge in [0.15, 0.2) is 0 Å². The summed E-state index contributed by atoms with van der Waals surface area (Å²) >= 11 is 6.46. The lowest BCUT2D eigenvalue weighted by molar-refractivity contribution is 0.413. The highest BCUT2D eigenvalue weighted by Gasteiger charge is 2.30. The Morgan fingerprint density at radius 2 is 2.03 bits per heavy atom. The first-order chi connectivity index (χ1) is 14.1. The van der Waals surface area contributed by atoms with E-state index in [1.165, 1.54) is 0 Å². The summed E-state index contributed by atoms with van der Waals surface area (Å²) in [5.41, 5.74) is 4.42. The van der Waals surface area contributed by atoms with Crippen LogP contribution in [0, 0.1) is 11.3 Å². The number of rotatable bonds is 5. The number of benzene rings is 2. The van der Waals surface area contributed by atoms with Crippen molar-refractivity contribution >= 4 is 29.1 Å². The minimum absolute atomic E-state index is 0.129. The average molecular weight is 406 g/mol. The van der Waals surface area contributed by atoms with Gasteiger partial charge in [-0.2, -0.15) is 10.2 Å². The maximum absolute atomic E-state index is 9.17. The smallest absolute Gasteiger partial charge is 0.229 e. The van der Waals surface area contributed by atoms with E-state index in [1.54, 1.807) is 19.2 Å². The van der Waals surface area contributed by atoms with Crippen LogP contribution in [0.25, 0.3) is 0 Å². The maximum atomic E-state index is 9.17. The van der Waals surface area contributed by atoms with Crippen molar-refractivity contribution in [1.82, 2.24) is 9.97 Å². The van der Waals surface area contributed by atoms with Crippen LogP contribution in [0.1, 0.15) is 34.7 Å². The van der Waals surface area contributed by atoms with E-state index in [4.69, 9.17) is 26.6 Å². The summed E-state index contributed by atoms with van der Waals surface area (Å²) in [5, 5.41) is 16.3. The Bertz CT molecular complexity index is 1110. The number of anilines is 3. The fraction of sp³-hybridized carbons (Fsp3) is 0.227. The van der Waals surface area contributed by atoms with Crippen LogP contribution in [0.2, 0.25) is 5.02 Å². The van der Waals surface area contributed by atoms with Gasteiger partial charge in [0.25, 0.3) is 0 Å². The summed E-state index contributed by atoms with van der Waals surface area (Å²) in [7, 11) is 3.40. The molecule has 0 saturated carbocycles. The molecule has 1 aliphatic carbocycles. The van der Waals surface area contributed by atoms with Crippen LogP contribution in [0.5, 0.6) is 5.75 Å². The summed E-state index contributed by atoms with van der Waals surface area (Å²) in [5.74, 6) is 1.93. The summed E-state index contributed by atoms with van der Waals surface area (Å²) < 4.78 is 5.29. The molecule has 1 aromatic heterocycles. The molecule has 1 aliphatic rings. The number of hydrogen-bond donors (Lipinski definition) is 2. The molecule has 0 radical (unpaired) electrons. The quantitative estimate of drug-likeness (QED) is 0.629. The SMILES string of the molecule is CNc1nc(Nc2ccc(C#N)c(OC)c2)nc2c1CC[C@@H]2c1ccccc1Cl. The zero-order valence-electron chi connectivity index (χ0n) is 16.2. The summed E-state index contributed by atoms with van der Waals surface area (Å²) in [6, 6.07) is 15.3. The van der Waals surface area contributed by atoms with Crippen molar-refractivity contribution in [2.45, 2.75) is 18.8 Å². The number of hydrogen-bond acceptors (Lipinski definition) is 6. The number of ether oxygens (including phenoxy) is 1. The van der Waals surface area contributed by atoms with Gasteiger partial charge in [-0.1, -0.05) is 29.8 Å². The average Bonchev–Trinajstić information content (AvgIpc) is 3.17. The highest BCUT2D eigenvalue weighted by molar-refractivity contribution is 6.31. The lowest BCUT2D eigenvalue weighted by Gasteiger charge is -2.16. The van der Waals surface area contributed by atoms with Crippen LogP contribution in [0.4, 0.5) is 17.5 Å². The third-order valence-electron chi connectivity index (χ3n) is 5.15. The van der Waals surface area contributed by atoms with Gasteiger partial charge in [0.2, 0.25) is 5.95 Å². The molecule has 1 atom stereocenters. The Morgan fingerprint density at radius 1 is 1.21 bits per heavy atom. The zero-order valence-corrected chi connectivity index (χ0v) is 16.9. The van der Waals surface area contributed by atoms with E-state index in [1.807, 2.05) is 31.3 Å². The molecule has 0 spiro atoms. The first kappa shape index (κ1) is 19.0. The number of aromatic nitrogens is 2. The molecule has 6 nitrogen and oxygen atoms in total. The van der Waals surface area contributed by atoms with Crippen LogP contribution >= 0.6 is 11.6 Å². The predicted molar refractivity (Wildman–Crippen MR) is 114 cm³/mol. The Morgan fingerprint density at radius 3 is 2.76 bits per heavy atom. The first-order valence-electron chi connectivity index (χ1n) is 9.32. The minimum atomic E-state index is 0.129. The maximum Gasteiger partial charge on any atom is 0.229 e. The van der Waals surface area contributed by atoms with Gasteiger partial charge in [0.05, 0.1) is 18.4 Å². The van der Waals surface area contributed by atoms with Crippen molar-refractivity contribution in [3.05, 3.63) is 69.9 Å². The number of nitriles is 1. The Kier molecular flexibility index (Phi) is 5.24. The fourth-order valence-electron chi connectivity index (χ4n) is 3.77. The van der Waals surface area contributed by atoms with E-state index >= 15 is 0 Å². The van der Waals surface area contributed by atoms with Crippen molar-refractivity contribution < 1.29 is 4.74 Å². The molecule has 0 amide bonds. The van der Waals surface area contributed by atoms with Gasteiger partial charge in [0.1, 0.15) is 17.6 Å². The number of nitrogens with zero attached hydrogens (tertiary/aromatic N) is 3. The monoisotopic (exact) mass is 405 g/mol. The largest absolute Gasteiger partial charge is 0.495 e. The molecule has 0 bridgehead atoms. The molecular weight excluding hydrogens is 386 g/mol. The van der Waals surface area contributed by atoms with E-state index in [-0.39, 0.29) is 5.92 Å². The second kappa shape index (κ2) is 7.98. The molecule has 3 aromatic rings. The van der Waals surface area contributed by atoms with Gasteiger partial charge in [0, 0.05) is 35.3 Å². The third kappa shape index (κ3) is 3.57. The van der Waals surface area contributed by atoms with Crippen LogP contribution in [0.15, 0.2) is 42.5 Å². The van der Waals surface area contributed by atoms with E-state index < -0.39 is 0 Å². The molecule has 146 valence electrons. The Labute approximate surface area is 174 Å². The molecule has 2 aromatic carbocycles. The first-order valence-corrected chi connectivity index (χ1v) is 9.70. The number of nitrogens with one attached hydrogen (secondary N) is 2. The molecule has 0 saturated heterocycles. The highest BCUT2D eigenvalue weighted by Crippen LogP contribution is 2.42. The standard InChI is InChI=1S/C22H20ClN5O/c1-25-21-17-10-9-16(15-5-3-4-6-18(15)23)20(17)27-22(28-21)26-14-8-7-13(12-24)19(11-14)29-2/h3-8,11,16H,9-10H2,1-2H3,(H2,25,26,27,28)/t16-/m1/s1. The highest BCUT2D eigenvalue weighted by atomic mass is 35.5. The molecule has 29 heavy (non-hydrogen) atoms. The van der Waals surface area contributed by atoms with Crippen LogP contribution in [0.3, 0.4) is 0 Å². The predicted octanol–water partition coefficient (Wildman–Crippen LogP) is 4.87. The lowest BCUT2D eigenvalue weighted by Crippen LogP contribution is -2.08. The van der Waals surface area contributed by atoms with E-state index in [2.05, 4.69) is 27.8 Å². The molecule has 4 rings (SSSR count). The van der Waals surface area contributed by atoms with Crippen molar-refractivity contribution in [3.63, 3.8) is 0 Å². The van der Waals surface area contributed by atoms with Crippen molar-refractivity contribution in [2.75, 3.05) is 24.8 Å². The molecule has 0 unspecified atom stereocenters. The normalized spacial score (nSPS) is 14.8. The molecule has 2 N–H and O–H groups in total. The van der Waals surface area contributed by atoms with Gasteiger partial charge in [-0.3, -0.25) is 0 Å². The van der Waals surface area contributed by atoms with Gasteiger partial charge >= 0.3 is 0 Å². The van der Waals surface area contributed by atoms with Crippen molar-refractivity contribution in [2.24, 2.45) is 0 Å². The zero-order chi connectivity index (χ0) is 20.4. The van der Waals surface area contributed by atoms with Crippen LogP contribution in [-0.4, -0.2) is 24.1 Å². The summed E-state index contributed by atoms with van der Waals surface area (Å²) in [6.45, 7) is 0. The second-order valence-corrected chi connectivity index (χ2v) is 7.18. The van der Waals surface area contributed by atoms with Gasteiger partial charge in [-0.05, 0) is 36.6 Å². The Hall–Kier alpha value is -3.30. The van der Waals surface area contributed by atoms with E-state index in [9.17, 15) is 0 Å². The van der Waals surface area contributed by atoms with Gasteiger partial charge in [-0.25, -0.2) is 4.98 Å². The second-order valence-electron chi connectivity index (χ2n) is 6.77. The molecule has 0 fully saturated rings.